The van der Waals surface area contributed by atoms with Gasteiger partial charge in [0.2, 0.25) is 0 Å². The van der Waals surface area contributed by atoms with Gasteiger partial charge in [-0.15, -0.1) is 0 Å². The maximum atomic E-state index is 4.05. The molecule has 0 unspecified atom stereocenters. The highest BCUT2D eigenvalue weighted by molar-refractivity contribution is 5.48. The standard InChI is InChI=1S/C11H16/c1-8(2)11-9(3)6-5-7-10(11)4/h3-7H2,1-2H3. The Hall–Kier alpha value is -0.780. The second kappa shape index (κ2) is 3.08. The van der Waals surface area contributed by atoms with E-state index in [1.807, 2.05) is 0 Å². The first-order valence-corrected chi connectivity index (χ1v) is 4.16. The van der Waals surface area contributed by atoms with Gasteiger partial charge in [0.15, 0.2) is 0 Å². The van der Waals surface area contributed by atoms with Crippen molar-refractivity contribution in [1.29, 1.82) is 0 Å². The summed E-state index contributed by atoms with van der Waals surface area (Å²) in [5, 5.41) is 0. The Morgan fingerprint density at radius 1 is 1.09 bits per heavy atom. The van der Waals surface area contributed by atoms with Gasteiger partial charge in [0.05, 0.1) is 0 Å². The molecule has 0 N–H and O–H groups in total. The lowest BCUT2D eigenvalue weighted by Crippen LogP contribution is -2.01. The summed E-state index contributed by atoms with van der Waals surface area (Å²) in [5.74, 6) is 0. The molecular weight excluding hydrogens is 132 g/mol. The summed E-state index contributed by atoms with van der Waals surface area (Å²) >= 11 is 0. The molecule has 0 nitrogen and oxygen atoms in total. The van der Waals surface area contributed by atoms with Gasteiger partial charge < -0.3 is 0 Å². The molecule has 0 aromatic carbocycles. The van der Waals surface area contributed by atoms with E-state index in [0.29, 0.717) is 0 Å². The molecule has 1 aliphatic carbocycles. The zero-order valence-electron chi connectivity index (χ0n) is 7.54. The number of allylic oxidation sites excluding steroid dienone is 4. The molecular formula is C11H16. The zero-order chi connectivity index (χ0) is 8.43. The van der Waals surface area contributed by atoms with Crippen molar-refractivity contribution in [2.24, 2.45) is 0 Å². The Morgan fingerprint density at radius 3 is 1.82 bits per heavy atom. The maximum absolute atomic E-state index is 4.05. The Labute approximate surface area is 69.3 Å². The fraction of sp³-hybridized carbons (Fsp3) is 0.455. The van der Waals surface area contributed by atoms with Crippen molar-refractivity contribution < 1.29 is 0 Å². The summed E-state index contributed by atoms with van der Waals surface area (Å²) in [7, 11) is 0. The molecule has 1 rings (SSSR count). The average Bonchev–Trinajstić information content (AvgIpc) is 1.85. The molecule has 0 heteroatoms. The van der Waals surface area contributed by atoms with Crippen LogP contribution in [0.15, 0.2) is 35.5 Å². The summed E-state index contributed by atoms with van der Waals surface area (Å²) in [5.41, 5.74) is 5.26. The van der Waals surface area contributed by atoms with Crippen LogP contribution in [-0.4, -0.2) is 0 Å². The van der Waals surface area contributed by atoms with Crippen molar-refractivity contribution in [1.82, 2.24) is 0 Å². The van der Waals surface area contributed by atoms with Crippen LogP contribution in [0.1, 0.15) is 33.1 Å². The molecule has 0 heterocycles. The van der Waals surface area contributed by atoms with E-state index in [1.165, 1.54) is 28.7 Å². The van der Waals surface area contributed by atoms with Crippen LogP contribution in [0.2, 0.25) is 0 Å². The monoisotopic (exact) mass is 148 g/mol. The van der Waals surface area contributed by atoms with Gasteiger partial charge in [-0.1, -0.05) is 18.7 Å². The SMILES string of the molecule is C=C1CCCC(=C)C1=C(C)C. The Balaban J connectivity index is 2.98. The molecule has 1 fully saturated rings. The summed E-state index contributed by atoms with van der Waals surface area (Å²) in [4.78, 5) is 0. The summed E-state index contributed by atoms with van der Waals surface area (Å²) in [6.07, 6.45) is 3.54. The van der Waals surface area contributed by atoms with Crippen LogP contribution < -0.4 is 0 Å². The fourth-order valence-corrected chi connectivity index (χ4v) is 1.72. The van der Waals surface area contributed by atoms with Crippen molar-refractivity contribution >= 4 is 0 Å². The lowest BCUT2D eigenvalue weighted by atomic mass is 9.85. The van der Waals surface area contributed by atoms with E-state index in [-0.39, 0.29) is 0 Å². The third kappa shape index (κ3) is 1.62. The molecule has 0 spiro atoms. The van der Waals surface area contributed by atoms with Gasteiger partial charge in [0.25, 0.3) is 0 Å². The topological polar surface area (TPSA) is 0 Å². The minimum atomic E-state index is 1.15. The highest BCUT2D eigenvalue weighted by atomic mass is 14.2. The third-order valence-electron chi connectivity index (χ3n) is 2.16. The summed E-state index contributed by atoms with van der Waals surface area (Å²) in [6.45, 7) is 12.4. The third-order valence-corrected chi connectivity index (χ3v) is 2.16. The molecule has 0 radical (unpaired) electrons. The van der Waals surface area contributed by atoms with E-state index in [2.05, 4.69) is 27.0 Å². The predicted molar refractivity (Wildman–Crippen MR) is 50.5 cm³/mol. The van der Waals surface area contributed by atoms with E-state index in [1.54, 1.807) is 0 Å². The molecule has 0 aromatic heterocycles. The van der Waals surface area contributed by atoms with Crippen molar-refractivity contribution in [3.63, 3.8) is 0 Å². The minimum Gasteiger partial charge on any atom is -0.0952 e. The lowest BCUT2D eigenvalue weighted by Gasteiger charge is -2.21. The van der Waals surface area contributed by atoms with Crippen molar-refractivity contribution in [3.05, 3.63) is 35.5 Å². The van der Waals surface area contributed by atoms with Gasteiger partial charge in [0, 0.05) is 0 Å². The van der Waals surface area contributed by atoms with Crippen molar-refractivity contribution in [2.45, 2.75) is 33.1 Å². The van der Waals surface area contributed by atoms with Crippen LogP contribution in [0, 0.1) is 0 Å². The van der Waals surface area contributed by atoms with Crippen LogP contribution in [0.4, 0.5) is 0 Å². The normalized spacial score (nSPS) is 18.9. The molecule has 1 saturated carbocycles. The largest absolute Gasteiger partial charge is 0.0952 e. The maximum Gasteiger partial charge on any atom is -0.0218 e. The van der Waals surface area contributed by atoms with Crippen molar-refractivity contribution in [3.8, 4) is 0 Å². The van der Waals surface area contributed by atoms with E-state index in [4.69, 9.17) is 0 Å². The molecule has 0 aromatic rings. The molecule has 0 bridgehead atoms. The van der Waals surface area contributed by atoms with E-state index >= 15 is 0 Å². The van der Waals surface area contributed by atoms with E-state index in [9.17, 15) is 0 Å². The lowest BCUT2D eigenvalue weighted by molar-refractivity contribution is 0.773. The zero-order valence-corrected chi connectivity index (χ0v) is 7.54. The van der Waals surface area contributed by atoms with Crippen LogP contribution in [-0.2, 0) is 0 Å². The van der Waals surface area contributed by atoms with Crippen LogP contribution in [0.3, 0.4) is 0 Å². The quantitative estimate of drug-likeness (QED) is 0.492. The van der Waals surface area contributed by atoms with Crippen LogP contribution >= 0.6 is 0 Å². The molecule has 0 aliphatic heterocycles. The first kappa shape index (κ1) is 8.32. The first-order chi connectivity index (χ1) is 5.13. The highest BCUT2D eigenvalue weighted by Gasteiger charge is 2.13. The molecule has 11 heavy (non-hydrogen) atoms. The molecule has 0 amide bonds. The molecule has 0 atom stereocenters. The number of hydrogen-bond acceptors (Lipinski definition) is 0. The van der Waals surface area contributed by atoms with Gasteiger partial charge in [-0.25, -0.2) is 0 Å². The van der Waals surface area contributed by atoms with E-state index < -0.39 is 0 Å². The Kier molecular flexibility index (Phi) is 2.33. The van der Waals surface area contributed by atoms with Gasteiger partial charge in [-0.05, 0) is 49.8 Å². The average molecular weight is 148 g/mol. The van der Waals surface area contributed by atoms with E-state index in [0.717, 1.165) is 12.8 Å². The van der Waals surface area contributed by atoms with Crippen LogP contribution in [0.25, 0.3) is 0 Å². The summed E-state index contributed by atoms with van der Waals surface area (Å²) < 4.78 is 0. The number of hydrogen-bond donors (Lipinski definition) is 0. The predicted octanol–water partition coefficient (Wildman–Crippen LogP) is 3.62. The fourth-order valence-electron chi connectivity index (χ4n) is 1.72. The molecule has 60 valence electrons. The molecule has 0 saturated heterocycles. The molecule has 1 aliphatic rings. The Bertz CT molecular complexity index is 206. The summed E-state index contributed by atoms with van der Waals surface area (Å²) in [6, 6.07) is 0. The number of rotatable bonds is 0. The second-order valence-electron chi connectivity index (χ2n) is 3.44. The second-order valence-corrected chi connectivity index (χ2v) is 3.44. The first-order valence-electron chi connectivity index (χ1n) is 4.16. The van der Waals surface area contributed by atoms with Gasteiger partial charge in [-0.3, -0.25) is 0 Å². The van der Waals surface area contributed by atoms with Gasteiger partial charge >= 0.3 is 0 Å². The van der Waals surface area contributed by atoms with Crippen LogP contribution in [0.5, 0.6) is 0 Å². The van der Waals surface area contributed by atoms with Crippen molar-refractivity contribution in [2.75, 3.05) is 0 Å². The Morgan fingerprint density at radius 2 is 1.55 bits per heavy atom. The minimum absolute atomic E-state index is 1.15. The highest BCUT2D eigenvalue weighted by Crippen LogP contribution is 2.32. The van der Waals surface area contributed by atoms with Gasteiger partial charge in [-0.2, -0.15) is 0 Å². The van der Waals surface area contributed by atoms with Gasteiger partial charge in [0.1, 0.15) is 0 Å². The smallest absolute Gasteiger partial charge is 0.0218 e.